The van der Waals surface area contributed by atoms with Gasteiger partial charge < -0.3 is 20.3 Å². The van der Waals surface area contributed by atoms with Crippen molar-refractivity contribution in [3.63, 3.8) is 0 Å². The Bertz CT molecular complexity index is 1360. The minimum atomic E-state index is 0.231. The molecule has 0 spiro atoms. The van der Waals surface area contributed by atoms with Gasteiger partial charge in [0.25, 0.3) is 0 Å². The zero-order valence-electron chi connectivity index (χ0n) is 18.4. The molecule has 0 bridgehead atoms. The van der Waals surface area contributed by atoms with Gasteiger partial charge in [0.15, 0.2) is 5.01 Å². The quantitative estimate of drug-likeness (QED) is 0.451. The van der Waals surface area contributed by atoms with Gasteiger partial charge in [0.2, 0.25) is 5.13 Å². The number of nitrogens with one attached hydrogen (secondary N) is 2. The number of anilines is 2. The molecule has 6 heterocycles. The predicted octanol–water partition coefficient (Wildman–Crippen LogP) is 2.40. The van der Waals surface area contributed by atoms with E-state index in [1.807, 2.05) is 30.5 Å². The minimum absolute atomic E-state index is 0.231. The minimum Gasteiger partial charge on any atom is -0.379 e. The van der Waals surface area contributed by atoms with Crippen molar-refractivity contribution in [2.45, 2.75) is 12.5 Å². The van der Waals surface area contributed by atoms with E-state index < -0.39 is 0 Å². The van der Waals surface area contributed by atoms with Crippen LogP contribution >= 0.6 is 11.3 Å². The van der Waals surface area contributed by atoms with Crippen LogP contribution in [0.1, 0.15) is 12.0 Å². The fraction of sp³-hybridized carbons (Fsp3) is 0.348. The van der Waals surface area contributed by atoms with Gasteiger partial charge in [-0.1, -0.05) is 11.3 Å². The molecule has 2 N–H and O–H groups in total. The number of piperazine rings is 1. The monoisotopic (exact) mass is 473 g/mol. The molecule has 2 fully saturated rings. The number of rotatable bonds is 5. The van der Waals surface area contributed by atoms with Crippen LogP contribution in [0.25, 0.3) is 27.5 Å². The van der Waals surface area contributed by atoms with Gasteiger partial charge in [0, 0.05) is 44.7 Å². The molecule has 6 rings (SSSR count). The molecule has 2 saturated heterocycles. The molecule has 2 aliphatic heterocycles. The maximum Gasteiger partial charge on any atom is 0.208 e. The summed E-state index contributed by atoms with van der Waals surface area (Å²) in [6.45, 7) is 5.19. The van der Waals surface area contributed by atoms with Gasteiger partial charge in [0.05, 0.1) is 46.9 Å². The van der Waals surface area contributed by atoms with Gasteiger partial charge >= 0.3 is 0 Å². The van der Waals surface area contributed by atoms with E-state index >= 15 is 0 Å². The van der Waals surface area contributed by atoms with Crippen molar-refractivity contribution in [3.8, 4) is 28.0 Å². The van der Waals surface area contributed by atoms with E-state index in [0.717, 1.165) is 77.5 Å². The zero-order valence-corrected chi connectivity index (χ0v) is 19.3. The number of pyridine rings is 1. The summed E-state index contributed by atoms with van der Waals surface area (Å²) < 4.78 is 7.39. The van der Waals surface area contributed by atoms with E-state index in [4.69, 9.17) is 9.72 Å². The number of nitriles is 1. The van der Waals surface area contributed by atoms with Crippen LogP contribution in [0.5, 0.6) is 0 Å². The van der Waals surface area contributed by atoms with Gasteiger partial charge in [-0.25, -0.2) is 4.52 Å². The fourth-order valence-electron chi connectivity index (χ4n) is 4.32. The highest BCUT2D eigenvalue weighted by Gasteiger charge is 2.22. The maximum atomic E-state index is 9.17. The zero-order chi connectivity index (χ0) is 22.9. The standard InChI is InChI=1S/C23H23N9OS/c24-11-15-9-17-1-2-21(32(17)27-12-15)20-10-19(28-16-3-8-33-14-16)18(13-26-20)22-29-30-23(34-22)31-6-4-25-5-7-31/h1-2,9-10,12-13,16,25H,3-8,14H2,(H,26,28)/t16-/m1/s1. The third-order valence-corrected chi connectivity index (χ3v) is 7.13. The molecule has 0 amide bonds. The lowest BCUT2D eigenvalue weighted by Crippen LogP contribution is -2.43. The largest absolute Gasteiger partial charge is 0.379 e. The Labute approximate surface area is 200 Å². The van der Waals surface area contributed by atoms with E-state index in [1.165, 1.54) is 0 Å². The van der Waals surface area contributed by atoms with E-state index in [0.29, 0.717) is 12.2 Å². The molecule has 10 nitrogen and oxygen atoms in total. The lowest BCUT2D eigenvalue weighted by molar-refractivity contribution is 0.195. The summed E-state index contributed by atoms with van der Waals surface area (Å²) in [4.78, 5) is 7.03. The first kappa shape index (κ1) is 21.0. The van der Waals surface area contributed by atoms with Crippen molar-refractivity contribution >= 4 is 27.7 Å². The first-order valence-electron chi connectivity index (χ1n) is 11.3. The second-order valence-electron chi connectivity index (χ2n) is 8.36. The molecule has 0 aromatic carbocycles. The summed E-state index contributed by atoms with van der Waals surface area (Å²) in [6, 6.07) is 10.1. The molecule has 0 aliphatic carbocycles. The molecular formula is C23H23N9OS. The molecule has 4 aromatic rings. The van der Waals surface area contributed by atoms with Gasteiger partial charge in [-0.3, -0.25) is 4.98 Å². The first-order chi connectivity index (χ1) is 16.8. The highest BCUT2D eigenvalue weighted by atomic mass is 32.1. The van der Waals surface area contributed by atoms with Crippen LogP contribution < -0.4 is 15.5 Å². The molecule has 0 radical (unpaired) electrons. The van der Waals surface area contributed by atoms with Crippen LogP contribution in [-0.4, -0.2) is 70.2 Å². The van der Waals surface area contributed by atoms with E-state index in [9.17, 15) is 5.26 Å². The number of aromatic nitrogens is 5. The molecule has 0 unspecified atom stereocenters. The smallest absolute Gasteiger partial charge is 0.208 e. The maximum absolute atomic E-state index is 9.17. The molecule has 1 atom stereocenters. The topological polar surface area (TPSA) is 116 Å². The van der Waals surface area contributed by atoms with Crippen LogP contribution in [0, 0.1) is 11.3 Å². The Kier molecular flexibility index (Phi) is 5.54. The van der Waals surface area contributed by atoms with Crippen molar-refractivity contribution in [3.05, 3.63) is 42.2 Å². The Balaban J connectivity index is 1.38. The third-order valence-electron chi connectivity index (χ3n) is 6.12. The second kappa shape index (κ2) is 8.98. The van der Waals surface area contributed by atoms with Crippen LogP contribution in [0.3, 0.4) is 0 Å². The summed E-state index contributed by atoms with van der Waals surface area (Å²) >= 11 is 1.59. The predicted molar refractivity (Wildman–Crippen MR) is 130 cm³/mol. The van der Waals surface area contributed by atoms with E-state index in [2.05, 4.69) is 36.9 Å². The van der Waals surface area contributed by atoms with Gasteiger partial charge in [0.1, 0.15) is 6.07 Å². The molecule has 0 saturated carbocycles. The number of fused-ring (bicyclic) bond motifs is 1. The van der Waals surface area contributed by atoms with Crippen LogP contribution in [0.2, 0.25) is 0 Å². The van der Waals surface area contributed by atoms with Gasteiger partial charge in [-0.2, -0.15) is 10.4 Å². The Morgan fingerprint density at radius 3 is 2.91 bits per heavy atom. The normalized spacial score (nSPS) is 18.3. The molecule has 4 aromatic heterocycles. The molecular weight excluding hydrogens is 450 g/mol. The average molecular weight is 474 g/mol. The van der Waals surface area contributed by atoms with Gasteiger partial charge in [-0.15, -0.1) is 10.2 Å². The van der Waals surface area contributed by atoms with Crippen LogP contribution in [-0.2, 0) is 4.74 Å². The number of hydrogen-bond acceptors (Lipinski definition) is 10. The number of nitrogens with zero attached hydrogens (tertiary/aromatic N) is 7. The van der Waals surface area contributed by atoms with Gasteiger partial charge in [-0.05, 0) is 30.7 Å². The molecule has 172 valence electrons. The lowest BCUT2D eigenvalue weighted by Gasteiger charge is -2.26. The molecule has 34 heavy (non-hydrogen) atoms. The SMILES string of the molecule is N#Cc1cnn2c(-c3cc(N[C@@H]4CCOC4)c(-c4nnc(N5CCNCC5)s4)cn3)ccc2c1. The van der Waals surface area contributed by atoms with Crippen molar-refractivity contribution in [2.24, 2.45) is 0 Å². The molecule has 2 aliphatic rings. The van der Waals surface area contributed by atoms with Crippen molar-refractivity contribution in [2.75, 3.05) is 49.6 Å². The summed E-state index contributed by atoms with van der Waals surface area (Å²) in [5.41, 5.74) is 4.90. The Morgan fingerprint density at radius 1 is 1.18 bits per heavy atom. The number of ether oxygens (including phenoxy) is 1. The Hall–Kier alpha value is -3.59. The summed E-state index contributed by atoms with van der Waals surface area (Å²) in [6.07, 6.45) is 4.38. The third kappa shape index (κ3) is 3.96. The average Bonchev–Trinajstić information content (AvgIpc) is 3.65. The van der Waals surface area contributed by atoms with E-state index in [1.54, 1.807) is 22.0 Å². The van der Waals surface area contributed by atoms with Crippen LogP contribution in [0.4, 0.5) is 10.8 Å². The fourth-order valence-corrected chi connectivity index (χ4v) is 5.24. The first-order valence-corrected chi connectivity index (χ1v) is 12.1. The highest BCUT2D eigenvalue weighted by molar-refractivity contribution is 7.18. The van der Waals surface area contributed by atoms with Crippen molar-refractivity contribution in [1.82, 2.24) is 30.1 Å². The summed E-state index contributed by atoms with van der Waals surface area (Å²) in [7, 11) is 0. The highest BCUT2D eigenvalue weighted by Crippen LogP contribution is 2.36. The molecule has 11 heteroatoms. The number of hydrogen-bond donors (Lipinski definition) is 2. The lowest BCUT2D eigenvalue weighted by atomic mass is 10.1. The van der Waals surface area contributed by atoms with Crippen molar-refractivity contribution in [1.29, 1.82) is 5.26 Å². The Morgan fingerprint density at radius 2 is 2.09 bits per heavy atom. The van der Waals surface area contributed by atoms with Crippen molar-refractivity contribution < 1.29 is 4.74 Å². The summed E-state index contributed by atoms with van der Waals surface area (Å²) in [5.74, 6) is 0. The second-order valence-corrected chi connectivity index (χ2v) is 9.31. The van der Waals surface area contributed by atoms with Crippen LogP contribution in [0.15, 0.2) is 36.7 Å². The summed E-state index contributed by atoms with van der Waals surface area (Å²) in [5, 5.41) is 31.4. The van der Waals surface area contributed by atoms with E-state index in [-0.39, 0.29) is 6.04 Å².